The smallest absolute Gasteiger partial charge is 0.267 e. The molecule has 0 atom stereocenters. The molecule has 4 rings (SSSR count). The molecule has 9 heteroatoms. The van der Waals surface area contributed by atoms with E-state index in [1.165, 1.54) is 19.4 Å². The summed E-state index contributed by atoms with van der Waals surface area (Å²) < 4.78 is 24.7. The number of aromatic nitrogens is 2. The molecule has 1 N–H and O–H groups in total. The molecule has 1 amide bonds. The second-order valence-electron chi connectivity index (χ2n) is 7.03. The third-order valence-electron chi connectivity index (χ3n) is 4.92. The second kappa shape index (κ2) is 9.90. The molecule has 1 aromatic heterocycles. The average Bonchev–Trinajstić information content (AvgIpc) is 3.30. The van der Waals surface area contributed by atoms with E-state index in [9.17, 15) is 9.18 Å². The van der Waals surface area contributed by atoms with Crippen LogP contribution >= 0.6 is 0 Å². The van der Waals surface area contributed by atoms with Gasteiger partial charge in [-0.3, -0.25) is 9.79 Å². The Bertz CT molecular complexity index is 1200. The Morgan fingerprint density at radius 1 is 1.39 bits per heavy atom. The van der Waals surface area contributed by atoms with E-state index in [2.05, 4.69) is 26.9 Å². The molecule has 0 unspecified atom stereocenters. The SMILES string of the molecule is C=CC(=O)Nc1cccc(Oc2nc(N(CCF)C3=CCC4=NC=CC4=C3)ncc2OC)c1. The largest absolute Gasteiger partial charge is 0.490 e. The van der Waals surface area contributed by atoms with E-state index in [1.807, 2.05) is 18.2 Å². The summed E-state index contributed by atoms with van der Waals surface area (Å²) in [5.74, 6) is 0.822. The summed E-state index contributed by atoms with van der Waals surface area (Å²) in [5, 5.41) is 2.67. The van der Waals surface area contributed by atoms with Crippen LogP contribution in [-0.2, 0) is 4.79 Å². The van der Waals surface area contributed by atoms with Crippen molar-refractivity contribution in [2.24, 2.45) is 4.99 Å². The molecule has 0 radical (unpaired) electrons. The van der Waals surface area contributed by atoms with Crippen LogP contribution < -0.4 is 19.7 Å². The number of aliphatic imine (C=N–C) groups is 1. The zero-order valence-electron chi connectivity index (χ0n) is 18.0. The third kappa shape index (κ3) is 4.98. The van der Waals surface area contributed by atoms with Crippen molar-refractivity contribution < 1.29 is 18.7 Å². The number of methoxy groups -OCH3 is 1. The lowest BCUT2D eigenvalue weighted by atomic mass is 10.0. The molecular formula is C24H22FN5O3. The molecule has 1 aromatic carbocycles. The van der Waals surface area contributed by atoms with Gasteiger partial charge in [0.1, 0.15) is 12.4 Å². The van der Waals surface area contributed by atoms with Gasteiger partial charge in [0, 0.05) is 30.1 Å². The molecule has 1 aliphatic carbocycles. The van der Waals surface area contributed by atoms with Crippen LogP contribution in [-0.4, -0.2) is 41.9 Å². The number of amides is 1. The molecule has 33 heavy (non-hydrogen) atoms. The number of halogens is 1. The quantitative estimate of drug-likeness (QED) is 0.575. The number of carbonyl (C=O) groups excluding carboxylic acids is 1. The molecule has 0 bridgehead atoms. The van der Waals surface area contributed by atoms with E-state index in [0.29, 0.717) is 23.6 Å². The van der Waals surface area contributed by atoms with Crippen molar-refractivity contribution in [1.29, 1.82) is 0 Å². The lowest BCUT2D eigenvalue weighted by Gasteiger charge is -2.25. The highest BCUT2D eigenvalue weighted by Gasteiger charge is 2.21. The van der Waals surface area contributed by atoms with Crippen LogP contribution in [0.3, 0.4) is 0 Å². The van der Waals surface area contributed by atoms with Crippen LogP contribution in [0.1, 0.15) is 6.42 Å². The van der Waals surface area contributed by atoms with Gasteiger partial charge in [-0.1, -0.05) is 18.7 Å². The van der Waals surface area contributed by atoms with Crippen LogP contribution in [0.25, 0.3) is 0 Å². The van der Waals surface area contributed by atoms with Crippen LogP contribution in [0.5, 0.6) is 17.4 Å². The molecule has 2 aliphatic rings. The van der Waals surface area contributed by atoms with Crippen molar-refractivity contribution in [3.63, 3.8) is 0 Å². The summed E-state index contributed by atoms with van der Waals surface area (Å²) in [5.41, 5.74) is 3.27. The summed E-state index contributed by atoms with van der Waals surface area (Å²) in [6.07, 6.45) is 10.9. The van der Waals surface area contributed by atoms with Gasteiger partial charge in [-0.2, -0.15) is 4.98 Å². The van der Waals surface area contributed by atoms with Gasteiger partial charge >= 0.3 is 0 Å². The Balaban J connectivity index is 1.63. The lowest BCUT2D eigenvalue weighted by molar-refractivity contribution is -0.111. The number of benzene rings is 1. The fourth-order valence-electron chi connectivity index (χ4n) is 3.35. The van der Waals surface area contributed by atoms with Crippen molar-refractivity contribution in [3.05, 3.63) is 78.8 Å². The molecule has 1 aliphatic heterocycles. The number of nitrogens with one attached hydrogen (secondary N) is 1. The number of allylic oxidation sites excluding steroid dienone is 4. The van der Waals surface area contributed by atoms with E-state index in [-0.39, 0.29) is 24.3 Å². The Labute approximate surface area is 190 Å². The number of rotatable bonds is 9. The molecule has 0 fully saturated rings. The first kappa shape index (κ1) is 21.9. The highest BCUT2D eigenvalue weighted by molar-refractivity contribution is 6.07. The van der Waals surface area contributed by atoms with E-state index < -0.39 is 6.67 Å². The highest BCUT2D eigenvalue weighted by atomic mass is 19.1. The third-order valence-corrected chi connectivity index (χ3v) is 4.92. The average molecular weight is 447 g/mol. The number of hydrogen-bond donors (Lipinski definition) is 1. The zero-order chi connectivity index (χ0) is 23.2. The van der Waals surface area contributed by atoms with Gasteiger partial charge in [0.25, 0.3) is 5.88 Å². The molecule has 0 saturated heterocycles. The predicted molar refractivity (Wildman–Crippen MR) is 125 cm³/mol. The monoisotopic (exact) mass is 447 g/mol. The Hall–Kier alpha value is -4.27. The molecule has 8 nitrogen and oxygen atoms in total. The highest BCUT2D eigenvalue weighted by Crippen LogP contribution is 2.33. The van der Waals surface area contributed by atoms with Crippen molar-refractivity contribution in [1.82, 2.24) is 9.97 Å². The lowest BCUT2D eigenvalue weighted by Crippen LogP contribution is -2.28. The number of carbonyl (C=O) groups is 1. The molecule has 0 saturated carbocycles. The number of anilines is 2. The summed E-state index contributed by atoms with van der Waals surface area (Å²) >= 11 is 0. The molecule has 168 valence electrons. The fraction of sp³-hybridized carbons (Fsp3) is 0.167. The van der Waals surface area contributed by atoms with E-state index in [1.54, 1.807) is 35.4 Å². The number of ether oxygens (including phenoxy) is 2. The summed E-state index contributed by atoms with van der Waals surface area (Å²) in [6, 6.07) is 6.80. The minimum Gasteiger partial charge on any atom is -0.490 e. The van der Waals surface area contributed by atoms with Gasteiger partial charge in [-0.25, -0.2) is 9.37 Å². The zero-order valence-corrected chi connectivity index (χ0v) is 18.0. The Morgan fingerprint density at radius 2 is 2.27 bits per heavy atom. The molecule has 2 aromatic rings. The Kier molecular flexibility index (Phi) is 6.58. The summed E-state index contributed by atoms with van der Waals surface area (Å²) in [4.78, 5) is 26.4. The van der Waals surface area contributed by atoms with E-state index >= 15 is 0 Å². The van der Waals surface area contributed by atoms with Gasteiger partial charge in [-0.15, -0.1) is 0 Å². The van der Waals surface area contributed by atoms with Gasteiger partial charge < -0.3 is 19.7 Å². The standard InChI is InChI=1S/C24H22FN5O3/c1-3-22(31)28-17-5-4-6-19(14-17)33-23-21(32-2)15-27-24(29-23)30(12-10-25)18-7-8-20-16(13-18)9-11-26-20/h3-7,9,11,13-15H,1,8,10,12H2,2H3,(H,28,31). The fourth-order valence-corrected chi connectivity index (χ4v) is 3.35. The van der Waals surface area contributed by atoms with Crippen molar-refractivity contribution in [3.8, 4) is 17.4 Å². The number of nitrogens with zero attached hydrogens (tertiary/aromatic N) is 4. The maximum Gasteiger partial charge on any atom is 0.267 e. The van der Waals surface area contributed by atoms with Crippen molar-refractivity contribution >= 4 is 23.3 Å². The van der Waals surface area contributed by atoms with Gasteiger partial charge in [-0.05, 0) is 35.9 Å². The van der Waals surface area contributed by atoms with Gasteiger partial charge in [0.15, 0.2) is 5.75 Å². The minimum atomic E-state index is -0.589. The van der Waals surface area contributed by atoms with E-state index in [4.69, 9.17) is 9.47 Å². The number of alkyl halides is 1. The van der Waals surface area contributed by atoms with Crippen LogP contribution in [0.15, 0.2) is 83.8 Å². The van der Waals surface area contributed by atoms with Crippen LogP contribution in [0.2, 0.25) is 0 Å². The van der Waals surface area contributed by atoms with Gasteiger partial charge in [0.05, 0.1) is 25.6 Å². The number of hydrogen-bond acceptors (Lipinski definition) is 7. The number of fused-ring (bicyclic) bond motifs is 1. The van der Waals surface area contributed by atoms with Crippen molar-refractivity contribution in [2.75, 3.05) is 30.5 Å². The first-order valence-electron chi connectivity index (χ1n) is 10.2. The maximum atomic E-state index is 13.4. The van der Waals surface area contributed by atoms with Crippen LogP contribution in [0, 0.1) is 0 Å². The van der Waals surface area contributed by atoms with Crippen LogP contribution in [0.4, 0.5) is 16.0 Å². The minimum absolute atomic E-state index is 0.0701. The molecule has 0 spiro atoms. The van der Waals surface area contributed by atoms with Crippen molar-refractivity contribution in [2.45, 2.75) is 6.42 Å². The predicted octanol–water partition coefficient (Wildman–Crippen LogP) is 4.36. The second-order valence-corrected chi connectivity index (χ2v) is 7.03. The summed E-state index contributed by atoms with van der Waals surface area (Å²) in [6.45, 7) is 2.92. The summed E-state index contributed by atoms with van der Waals surface area (Å²) in [7, 11) is 1.48. The molecule has 2 heterocycles. The normalized spacial score (nSPS) is 13.9. The molecular weight excluding hydrogens is 425 g/mol. The maximum absolute atomic E-state index is 13.4. The first-order valence-corrected chi connectivity index (χ1v) is 10.2. The first-order chi connectivity index (χ1) is 16.1. The van der Waals surface area contributed by atoms with E-state index in [0.717, 1.165) is 17.0 Å². The topological polar surface area (TPSA) is 88.9 Å². The van der Waals surface area contributed by atoms with Gasteiger partial charge in [0.2, 0.25) is 11.9 Å². The Morgan fingerprint density at radius 3 is 3.06 bits per heavy atom.